The van der Waals surface area contributed by atoms with E-state index in [1.165, 1.54) is 24.8 Å². The molecule has 0 spiro atoms. The van der Waals surface area contributed by atoms with Crippen LogP contribution in [0.4, 0.5) is 0 Å². The Morgan fingerprint density at radius 3 is 2.50 bits per heavy atom. The van der Waals surface area contributed by atoms with Crippen LogP contribution in [0.25, 0.3) is 0 Å². The molecule has 1 aliphatic rings. The summed E-state index contributed by atoms with van der Waals surface area (Å²) in [5.41, 5.74) is 7.03. The second-order valence-electron chi connectivity index (χ2n) is 5.86. The van der Waals surface area contributed by atoms with Crippen LogP contribution < -0.4 is 5.73 Å². The molecule has 1 amide bonds. The minimum absolute atomic E-state index is 0.0932. The number of hydrogen-bond acceptors (Lipinski definition) is 2. The van der Waals surface area contributed by atoms with Gasteiger partial charge in [-0.25, -0.2) is 0 Å². The molecule has 1 aromatic rings. The zero-order valence-corrected chi connectivity index (χ0v) is 12.4. The van der Waals surface area contributed by atoms with E-state index in [1.54, 1.807) is 0 Å². The number of nitrogens with zero attached hydrogens (tertiary/aromatic N) is 1. The highest BCUT2D eigenvalue weighted by Gasteiger charge is 2.27. The third kappa shape index (κ3) is 3.83. The smallest absolute Gasteiger partial charge is 0.227 e. The van der Waals surface area contributed by atoms with Gasteiger partial charge in [-0.05, 0) is 24.8 Å². The first-order valence-electron chi connectivity index (χ1n) is 7.73. The number of hydrogen-bond donors (Lipinski definition) is 1. The Labute approximate surface area is 122 Å². The van der Waals surface area contributed by atoms with Crippen LogP contribution in [0.5, 0.6) is 0 Å². The third-order valence-corrected chi connectivity index (χ3v) is 4.43. The minimum Gasteiger partial charge on any atom is -0.342 e. The van der Waals surface area contributed by atoms with Gasteiger partial charge in [-0.2, -0.15) is 0 Å². The summed E-state index contributed by atoms with van der Waals surface area (Å²) in [5, 5.41) is 0. The maximum Gasteiger partial charge on any atom is 0.227 e. The van der Waals surface area contributed by atoms with Gasteiger partial charge in [0.2, 0.25) is 5.91 Å². The summed E-state index contributed by atoms with van der Waals surface area (Å²) < 4.78 is 0. The first-order valence-corrected chi connectivity index (χ1v) is 7.73. The standard InChI is InChI=1S/C17H26N2O/c1-19(16-10-6-3-7-11-16)17(20)15(13-18)12-14-8-4-2-5-9-14/h2,4-5,8-9,15-16H,3,6-7,10-13,18H2,1H3. The molecule has 0 aromatic heterocycles. The van der Waals surface area contributed by atoms with Crippen molar-refractivity contribution in [3.63, 3.8) is 0 Å². The summed E-state index contributed by atoms with van der Waals surface area (Å²) in [5.74, 6) is 0.118. The summed E-state index contributed by atoms with van der Waals surface area (Å²) in [7, 11) is 1.95. The normalized spacial score (nSPS) is 17.7. The highest BCUT2D eigenvalue weighted by atomic mass is 16.2. The van der Waals surface area contributed by atoms with Crippen molar-refractivity contribution in [2.75, 3.05) is 13.6 Å². The van der Waals surface area contributed by atoms with Crippen molar-refractivity contribution in [2.45, 2.75) is 44.6 Å². The van der Waals surface area contributed by atoms with Crippen LogP contribution in [0, 0.1) is 5.92 Å². The van der Waals surface area contributed by atoms with Crippen LogP contribution in [0.1, 0.15) is 37.7 Å². The molecular weight excluding hydrogens is 248 g/mol. The SMILES string of the molecule is CN(C(=O)C(CN)Cc1ccccc1)C1CCCCC1. The monoisotopic (exact) mass is 274 g/mol. The zero-order valence-electron chi connectivity index (χ0n) is 12.4. The van der Waals surface area contributed by atoms with E-state index in [0.717, 1.165) is 19.3 Å². The molecule has 1 aliphatic carbocycles. The molecule has 110 valence electrons. The molecule has 1 unspecified atom stereocenters. The molecule has 1 atom stereocenters. The molecule has 3 heteroatoms. The number of rotatable bonds is 5. The van der Waals surface area contributed by atoms with E-state index in [2.05, 4.69) is 12.1 Å². The largest absolute Gasteiger partial charge is 0.342 e. The topological polar surface area (TPSA) is 46.3 Å². The maximum atomic E-state index is 12.6. The van der Waals surface area contributed by atoms with Gasteiger partial charge >= 0.3 is 0 Å². The summed E-state index contributed by atoms with van der Waals surface area (Å²) in [4.78, 5) is 14.6. The van der Waals surface area contributed by atoms with Crippen LogP contribution in [-0.4, -0.2) is 30.4 Å². The Bertz CT molecular complexity index is 412. The first-order chi connectivity index (χ1) is 9.72. The van der Waals surface area contributed by atoms with Gasteiger partial charge < -0.3 is 10.6 Å². The van der Waals surface area contributed by atoms with Crippen molar-refractivity contribution in [2.24, 2.45) is 11.7 Å². The van der Waals surface area contributed by atoms with E-state index in [1.807, 2.05) is 30.1 Å². The molecule has 0 bridgehead atoms. The quantitative estimate of drug-likeness (QED) is 0.897. The van der Waals surface area contributed by atoms with Crippen molar-refractivity contribution >= 4 is 5.91 Å². The van der Waals surface area contributed by atoms with Crippen LogP contribution in [0.3, 0.4) is 0 Å². The molecular formula is C17H26N2O. The molecule has 0 aliphatic heterocycles. The number of carbonyl (C=O) groups is 1. The molecule has 1 fully saturated rings. The van der Waals surface area contributed by atoms with E-state index >= 15 is 0 Å². The summed E-state index contributed by atoms with van der Waals surface area (Å²) in [6, 6.07) is 10.6. The number of nitrogens with two attached hydrogens (primary N) is 1. The van der Waals surface area contributed by atoms with Crippen molar-refractivity contribution in [3.05, 3.63) is 35.9 Å². The van der Waals surface area contributed by atoms with Crippen LogP contribution in [0.2, 0.25) is 0 Å². The van der Waals surface area contributed by atoms with E-state index in [9.17, 15) is 4.79 Å². The van der Waals surface area contributed by atoms with Gasteiger partial charge in [0.05, 0.1) is 5.92 Å². The van der Waals surface area contributed by atoms with Crippen LogP contribution >= 0.6 is 0 Å². The molecule has 0 radical (unpaired) electrons. The first kappa shape index (κ1) is 15.0. The van der Waals surface area contributed by atoms with Crippen molar-refractivity contribution in [1.29, 1.82) is 0 Å². The molecule has 0 heterocycles. The van der Waals surface area contributed by atoms with Crippen molar-refractivity contribution < 1.29 is 4.79 Å². The van der Waals surface area contributed by atoms with Gasteiger partial charge in [0, 0.05) is 19.6 Å². The van der Waals surface area contributed by atoms with Gasteiger partial charge in [-0.3, -0.25) is 4.79 Å². The molecule has 2 N–H and O–H groups in total. The van der Waals surface area contributed by atoms with E-state index in [-0.39, 0.29) is 11.8 Å². The summed E-state index contributed by atoms with van der Waals surface area (Å²) >= 11 is 0. The highest BCUT2D eigenvalue weighted by molar-refractivity contribution is 5.79. The summed E-state index contributed by atoms with van der Waals surface area (Å²) in [6.45, 7) is 0.421. The second kappa shape index (κ2) is 7.44. The van der Waals surface area contributed by atoms with Crippen LogP contribution in [0.15, 0.2) is 30.3 Å². The van der Waals surface area contributed by atoms with E-state index in [4.69, 9.17) is 5.73 Å². The van der Waals surface area contributed by atoms with Gasteiger partial charge in [0.25, 0.3) is 0 Å². The van der Waals surface area contributed by atoms with E-state index < -0.39 is 0 Å². The average Bonchev–Trinajstić information content (AvgIpc) is 2.53. The van der Waals surface area contributed by atoms with Crippen LogP contribution in [-0.2, 0) is 11.2 Å². The lowest BCUT2D eigenvalue weighted by atomic mass is 9.92. The summed E-state index contributed by atoms with van der Waals surface area (Å²) in [6.07, 6.45) is 6.83. The van der Waals surface area contributed by atoms with Crippen molar-refractivity contribution in [3.8, 4) is 0 Å². The molecule has 1 aromatic carbocycles. The molecule has 3 nitrogen and oxygen atoms in total. The molecule has 1 saturated carbocycles. The lowest BCUT2D eigenvalue weighted by Crippen LogP contribution is -2.44. The Morgan fingerprint density at radius 1 is 1.25 bits per heavy atom. The molecule has 20 heavy (non-hydrogen) atoms. The lowest BCUT2D eigenvalue weighted by Gasteiger charge is -2.33. The van der Waals surface area contributed by atoms with E-state index in [0.29, 0.717) is 12.6 Å². The third-order valence-electron chi connectivity index (χ3n) is 4.43. The Morgan fingerprint density at radius 2 is 1.90 bits per heavy atom. The average molecular weight is 274 g/mol. The van der Waals surface area contributed by atoms with Gasteiger partial charge in [-0.15, -0.1) is 0 Å². The number of carbonyl (C=O) groups excluding carboxylic acids is 1. The molecule has 2 rings (SSSR count). The zero-order chi connectivity index (χ0) is 14.4. The fourth-order valence-corrected chi connectivity index (χ4v) is 3.11. The fraction of sp³-hybridized carbons (Fsp3) is 0.588. The highest BCUT2D eigenvalue weighted by Crippen LogP contribution is 2.23. The van der Waals surface area contributed by atoms with Gasteiger partial charge in [0.1, 0.15) is 0 Å². The van der Waals surface area contributed by atoms with Gasteiger partial charge in [-0.1, -0.05) is 49.6 Å². The number of amides is 1. The minimum atomic E-state index is -0.0932. The predicted octanol–water partition coefficient (Wildman–Crippen LogP) is 2.60. The number of benzene rings is 1. The Balaban J connectivity index is 1.97. The Hall–Kier alpha value is -1.35. The lowest BCUT2D eigenvalue weighted by molar-refractivity contribution is -0.136. The maximum absolute atomic E-state index is 12.6. The second-order valence-corrected chi connectivity index (χ2v) is 5.86. The van der Waals surface area contributed by atoms with Crippen molar-refractivity contribution in [1.82, 2.24) is 4.90 Å². The fourth-order valence-electron chi connectivity index (χ4n) is 3.11. The molecule has 0 saturated heterocycles. The van der Waals surface area contributed by atoms with Gasteiger partial charge in [0.15, 0.2) is 0 Å². The Kier molecular flexibility index (Phi) is 5.60. The predicted molar refractivity (Wildman–Crippen MR) is 82.3 cm³/mol.